The van der Waals surface area contributed by atoms with Crippen molar-refractivity contribution in [2.45, 2.75) is 194 Å². The zero-order valence-corrected chi connectivity index (χ0v) is 49.5. The molecule has 9 heteroatoms. The second kappa shape index (κ2) is 16.4. The first-order valence-corrected chi connectivity index (χ1v) is 28.9. The monoisotopic (exact) mass is 1100 g/mol. The lowest BCUT2D eigenvalue weighted by Gasteiger charge is -2.69. The molecule has 72 heavy (non-hydrogen) atoms. The molecule has 0 saturated heterocycles. The largest absolute Gasteiger partial charge is 0.469 e. The minimum atomic E-state index is -0.505. The van der Waals surface area contributed by atoms with Crippen molar-refractivity contribution in [2.75, 3.05) is 14.2 Å². The van der Waals surface area contributed by atoms with Gasteiger partial charge >= 0.3 is 11.9 Å². The first-order chi connectivity index (χ1) is 33.0. The summed E-state index contributed by atoms with van der Waals surface area (Å²) in [6, 6.07) is 0. The van der Waals surface area contributed by atoms with Gasteiger partial charge in [0.2, 0.25) is 0 Å². The van der Waals surface area contributed by atoms with Crippen molar-refractivity contribution in [3.63, 3.8) is 0 Å². The molecule has 0 amide bonds. The number of ether oxygens (including phenoxy) is 2. The van der Waals surface area contributed by atoms with Crippen LogP contribution in [0, 0.1) is 100 Å². The van der Waals surface area contributed by atoms with Crippen LogP contribution in [0.4, 0.5) is 0 Å². The molecule has 16 atom stereocenters. The van der Waals surface area contributed by atoms with Crippen LogP contribution in [0.3, 0.4) is 0 Å². The van der Waals surface area contributed by atoms with Crippen LogP contribution < -0.4 is 0 Å². The maximum Gasteiger partial charge on any atom is 0.311 e. The Hall–Kier alpha value is -2.69. The van der Waals surface area contributed by atoms with Gasteiger partial charge in [0.05, 0.1) is 28.6 Å². The number of esters is 2. The van der Waals surface area contributed by atoms with E-state index in [9.17, 15) is 28.8 Å². The molecular weight excluding hydrogens is 1010 g/mol. The van der Waals surface area contributed by atoms with E-state index in [1.165, 1.54) is 25.4 Å². The lowest BCUT2D eigenvalue weighted by molar-refractivity contribution is -0.173. The van der Waals surface area contributed by atoms with Crippen LogP contribution in [0.5, 0.6) is 0 Å². The average molecular weight is 1100 g/mol. The predicted octanol–water partition coefficient (Wildman–Crippen LogP) is 14.1. The van der Waals surface area contributed by atoms with Gasteiger partial charge in [-0.15, -0.1) is 0 Å². The van der Waals surface area contributed by atoms with Gasteiger partial charge < -0.3 is 9.47 Å². The summed E-state index contributed by atoms with van der Waals surface area (Å²) >= 11 is 2.20. The van der Waals surface area contributed by atoms with Crippen molar-refractivity contribution >= 4 is 57.7 Å². The van der Waals surface area contributed by atoms with Gasteiger partial charge in [0.1, 0.15) is 0 Å². The van der Waals surface area contributed by atoms with E-state index in [2.05, 4.69) is 132 Å². The minimum absolute atomic E-state index is 0.106. The number of carbonyl (C=O) groups excluding carboxylic acids is 6. The Morgan fingerprint density at radius 1 is 0.514 bits per heavy atom. The van der Waals surface area contributed by atoms with Crippen molar-refractivity contribution in [3.8, 4) is 0 Å². The van der Waals surface area contributed by atoms with E-state index in [0.29, 0.717) is 0 Å². The van der Waals surface area contributed by atoms with Crippen LogP contribution >= 0.6 is 22.6 Å². The predicted molar refractivity (Wildman–Crippen MR) is 290 cm³/mol. The number of methoxy groups -OCH3 is 2. The van der Waals surface area contributed by atoms with E-state index >= 15 is 0 Å². The first-order valence-electron chi connectivity index (χ1n) is 27.9. The van der Waals surface area contributed by atoms with Crippen molar-refractivity contribution in [2.24, 2.45) is 100 Å². The third-order valence-electron chi connectivity index (χ3n) is 25.3. The Morgan fingerprint density at radius 3 is 1.26 bits per heavy atom. The smallest absolute Gasteiger partial charge is 0.311 e. The molecule has 0 heterocycles. The summed E-state index contributed by atoms with van der Waals surface area (Å²) in [6.07, 6.45) is 21.8. The third-order valence-corrected chi connectivity index (χ3v) is 26.1. The highest BCUT2D eigenvalue weighted by Gasteiger charge is 2.72. The number of hydrogen-bond acceptors (Lipinski definition) is 8. The van der Waals surface area contributed by atoms with Gasteiger partial charge in [-0.2, -0.15) is 0 Å². The van der Waals surface area contributed by atoms with E-state index in [4.69, 9.17) is 9.47 Å². The molecule has 0 aromatic heterocycles. The van der Waals surface area contributed by atoms with Gasteiger partial charge in [0.25, 0.3) is 0 Å². The number of allylic oxidation sites excluding steroid dienone is 8. The van der Waals surface area contributed by atoms with Crippen LogP contribution in [0.2, 0.25) is 0 Å². The van der Waals surface area contributed by atoms with Gasteiger partial charge in [0.15, 0.2) is 23.1 Å². The zero-order valence-electron chi connectivity index (χ0n) is 47.3. The van der Waals surface area contributed by atoms with Crippen LogP contribution in [0.15, 0.2) is 44.6 Å². The van der Waals surface area contributed by atoms with Gasteiger partial charge in [0, 0.05) is 33.5 Å². The summed E-state index contributed by atoms with van der Waals surface area (Å²) in [7, 11) is 2.98. The maximum absolute atomic E-state index is 14.3. The molecule has 6 saturated carbocycles. The SMILES string of the molecule is COC(=O)[C@@]1(C)CCC2(C)CC[C@]3(C)C(=CC(=O)[C@@H]4C5(C)C=C(C)C(=O)C(C)(C)[C@@H]5CCC43C)C2C1.COC(=O)[C@@]1(C)CCC2(C)CC[C@]3(C)C(=CC(=O)[C@@H]4C5(C)C=C(I)C(=O)C(C)(C)[C@@H]5CCC43C)C2C1. The van der Waals surface area contributed by atoms with Crippen LogP contribution in [0.1, 0.15) is 194 Å². The molecule has 0 radical (unpaired) electrons. The van der Waals surface area contributed by atoms with E-state index in [1.807, 2.05) is 19.1 Å². The molecule has 10 aliphatic carbocycles. The third kappa shape index (κ3) is 6.89. The second-order valence-corrected chi connectivity index (χ2v) is 30.8. The van der Waals surface area contributed by atoms with E-state index < -0.39 is 21.7 Å². The fraction of sp³-hybridized carbons (Fsp3) is 0.778. The van der Waals surface area contributed by atoms with Crippen LogP contribution in [0.25, 0.3) is 0 Å². The van der Waals surface area contributed by atoms with E-state index in [1.54, 1.807) is 0 Å². The normalized spacial score (nSPS) is 49.5. The molecular formula is C63H89IO8. The first kappa shape index (κ1) is 54.1. The molecule has 0 aliphatic heterocycles. The number of rotatable bonds is 2. The van der Waals surface area contributed by atoms with Gasteiger partial charge in [-0.05, 0) is 207 Å². The number of fused-ring (bicyclic) bond motifs is 14. The highest BCUT2D eigenvalue weighted by Crippen LogP contribution is 2.77. The lowest BCUT2D eigenvalue weighted by atomic mass is 9.34. The standard InChI is InChI=1S/C32H46O4.C31H43IO4/c1-19-17-30(6)23(27(2,3)25(19)34)10-11-32(8)24(30)22(33)16-20-21-18-29(5,26(35)36-9)13-12-28(21,4)14-15-31(20,32)7;1-26(2)22-9-10-31(7)23(29(22,5)17-20(32)24(26)34)21(33)15-18-19-16-28(4,25(35)36-8)12-11-27(19,3)13-14-30(18,31)6/h16-17,21,23-24H,10-15,18H2,1-9H3;15,17,19,22-23H,9-14,16H2,1-8H3/t21?,23-,24+,28?,29-,30?,31+,32?;19?,22-,23+,27?,28-,29?,30+,31?/m00/s1. The molecule has 10 rings (SSSR count). The highest BCUT2D eigenvalue weighted by molar-refractivity contribution is 14.1. The molecule has 0 bridgehead atoms. The number of hydrogen-bond donors (Lipinski definition) is 0. The number of halogens is 1. The quantitative estimate of drug-likeness (QED) is 0.198. The number of ketones is 4. The van der Waals surface area contributed by atoms with Crippen molar-refractivity contribution < 1.29 is 38.2 Å². The molecule has 0 N–H and O–H groups in total. The Kier molecular flexibility index (Phi) is 12.3. The molecule has 0 spiro atoms. The molecule has 8 unspecified atom stereocenters. The van der Waals surface area contributed by atoms with E-state index in [0.717, 1.165) is 99.0 Å². The Morgan fingerprint density at radius 2 is 0.875 bits per heavy atom. The second-order valence-electron chi connectivity index (χ2n) is 29.6. The summed E-state index contributed by atoms with van der Waals surface area (Å²) < 4.78 is 11.3. The van der Waals surface area contributed by atoms with E-state index in [-0.39, 0.29) is 114 Å². The van der Waals surface area contributed by atoms with Crippen LogP contribution in [-0.2, 0) is 38.2 Å². The van der Waals surface area contributed by atoms with Gasteiger partial charge in [-0.1, -0.05) is 106 Å². The average Bonchev–Trinajstić information content (AvgIpc) is 3.29. The molecule has 396 valence electrons. The van der Waals surface area contributed by atoms with Crippen LogP contribution in [-0.4, -0.2) is 49.3 Å². The summed E-state index contributed by atoms with van der Waals surface area (Å²) in [6.45, 7) is 33.3. The number of carbonyl (C=O) groups is 6. The van der Waals surface area contributed by atoms with Crippen molar-refractivity contribution in [1.82, 2.24) is 0 Å². The highest BCUT2D eigenvalue weighted by atomic mass is 127. The topological polar surface area (TPSA) is 121 Å². The maximum atomic E-state index is 14.3. The minimum Gasteiger partial charge on any atom is -0.469 e. The summed E-state index contributed by atoms with van der Waals surface area (Å²) in [5.41, 5.74) is 0.397. The molecule has 0 aromatic carbocycles. The zero-order chi connectivity index (χ0) is 53.4. The number of Topliss-reactive ketones (excluding diaryl/α,β-unsaturated/α-hetero) is 2. The fourth-order valence-corrected chi connectivity index (χ4v) is 21.9. The summed E-state index contributed by atoms with van der Waals surface area (Å²) in [5, 5.41) is 0. The lowest BCUT2D eigenvalue weighted by Crippen LogP contribution is -2.65. The molecule has 10 aliphatic rings. The molecule has 8 nitrogen and oxygen atoms in total. The summed E-state index contributed by atoms with van der Waals surface area (Å²) in [4.78, 5) is 80.7. The van der Waals surface area contributed by atoms with Crippen molar-refractivity contribution in [1.29, 1.82) is 0 Å². The van der Waals surface area contributed by atoms with Crippen molar-refractivity contribution in [3.05, 3.63) is 44.6 Å². The fourth-order valence-electron chi connectivity index (χ4n) is 20.5. The van der Waals surface area contributed by atoms with Gasteiger partial charge in [-0.3, -0.25) is 28.8 Å². The Labute approximate surface area is 446 Å². The summed E-state index contributed by atoms with van der Waals surface area (Å²) in [5.74, 6) is 1.14. The van der Waals surface area contributed by atoms with Gasteiger partial charge in [-0.25, -0.2) is 0 Å². The Balaban J connectivity index is 0.000000178. The molecule has 6 fully saturated rings. The molecule has 0 aromatic rings. The Bertz CT molecular complexity index is 2400.